The van der Waals surface area contributed by atoms with Gasteiger partial charge in [-0.3, -0.25) is 0 Å². The average Bonchev–Trinajstić information content (AvgIpc) is 2.69. The van der Waals surface area contributed by atoms with Crippen molar-refractivity contribution in [1.82, 2.24) is 9.55 Å². The molecule has 74 valence electrons. The van der Waals surface area contributed by atoms with Crippen LogP contribution in [0.15, 0.2) is 36.7 Å². The van der Waals surface area contributed by atoms with Gasteiger partial charge in [0.05, 0.1) is 6.54 Å². The van der Waals surface area contributed by atoms with Crippen molar-refractivity contribution < 1.29 is 0 Å². The number of aromatic nitrogens is 2. The molecule has 0 aliphatic heterocycles. The third-order valence-electron chi connectivity index (χ3n) is 2.11. The van der Waals surface area contributed by atoms with E-state index in [4.69, 9.17) is 16.9 Å². The molecule has 0 unspecified atom stereocenters. The quantitative estimate of drug-likeness (QED) is 0.776. The topological polar surface area (TPSA) is 41.6 Å². The zero-order chi connectivity index (χ0) is 10.7. The summed E-state index contributed by atoms with van der Waals surface area (Å²) in [7, 11) is 0. The van der Waals surface area contributed by atoms with Crippen molar-refractivity contribution in [3.05, 3.63) is 53.1 Å². The molecule has 0 N–H and O–H groups in total. The van der Waals surface area contributed by atoms with Gasteiger partial charge in [0.1, 0.15) is 6.07 Å². The Balaban J connectivity index is 2.31. The van der Waals surface area contributed by atoms with Crippen molar-refractivity contribution in [2.24, 2.45) is 0 Å². The Morgan fingerprint density at radius 3 is 2.93 bits per heavy atom. The number of rotatable bonds is 2. The minimum Gasteiger partial charge on any atom is -0.318 e. The summed E-state index contributed by atoms with van der Waals surface area (Å²) in [5.74, 6) is 0.398. The van der Waals surface area contributed by atoms with Gasteiger partial charge in [-0.25, -0.2) is 4.98 Å². The summed E-state index contributed by atoms with van der Waals surface area (Å²) in [6, 6.07) is 9.59. The van der Waals surface area contributed by atoms with Crippen LogP contribution in [-0.4, -0.2) is 9.55 Å². The van der Waals surface area contributed by atoms with E-state index in [0.29, 0.717) is 17.4 Å². The molecule has 0 saturated carbocycles. The lowest BCUT2D eigenvalue weighted by Gasteiger charge is -2.05. The highest BCUT2D eigenvalue weighted by molar-refractivity contribution is 6.31. The van der Waals surface area contributed by atoms with Gasteiger partial charge < -0.3 is 4.57 Å². The molecular formula is C11H8ClN3. The van der Waals surface area contributed by atoms with Crippen LogP contribution < -0.4 is 0 Å². The van der Waals surface area contributed by atoms with Gasteiger partial charge in [-0.15, -0.1) is 0 Å². The van der Waals surface area contributed by atoms with E-state index < -0.39 is 0 Å². The number of benzene rings is 1. The van der Waals surface area contributed by atoms with Crippen molar-refractivity contribution in [3.8, 4) is 6.07 Å². The van der Waals surface area contributed by atoms with Crippen LogP contribution in [0.4, 0.5) is 0 Å². The highest BCUT2D eigenvalue weighted by Gasteiger charge is 2.04. The molecule has 0 saturated heterocycles. The average molecular weight is 218 g/mol. The van der Waals surface area contributed by atoms with E-state index in [0.717, 1.165) is 5.56 Å². The molecular weight excluding hydrogens is 210 g/mol. The fourth-order valence-electron chi connectivity index (χ4n) is 1.36. The number of hydrogen-bond donors (Lipinski definition) is 0. The Kier molecular flexibility index (Phi) is 2.70. The summed E-state index contributed by atoms with van der Waals surface area (Å²) in [6.07, 6.45) is 3.37. The maximum absolute atomic E-state index is 8.79. The third-order valence-corrected chi connectivity index (χ3v) is 2.48. The SMILES string of the molecule is N#Cc1nccn1Cc1ccccc1Cl. The second-order valence-electron chi connectivity index (χ2n) is 3.08. The number of halogens is 1. The van der Waals surface area contributed by atoms with Gasteiger partial charge >= 0.3 is 0 Å². The Labute approximate surface area is 92.6 Å². The maximum Gasteiger partial charge on any atom is 0.213 e. The first-order valence-corrected chi connectivity index (χ1v) is 4.83. The molecule has 2 rings (SSSR count). The van der Waals surface area contributed by atoms with E-state index in [1.807, 2.05) is 30.3 Å². The number of hydrogen-bond acceptors (Lipinski definition) is 2. The smallest absolute Gasteiger partial charge is 0.213 e. The molecule has 0 radical (unpaired) electrons. The van der Waals surface area contributed by atoms with Crippen LogP contribution in [0.1, 0.15) is 11.4 Å². The van der Waals surface area contributed by atoms with Crippen molar-refractivity contribution in [1.29, 1.82) is 5.26 Å². The highest BCUT2D eigenvalue weighted by Crippen LogP contribution is 2.16. The van der Waals surface area contributed by atoms with Gasteiger partial charge in [0, 0.05) is 17.4 Å². The Morgan fingerprint density at radius 1 is 1.40 bits per heavy atom. The lowest BCUT2D eigenvalue weighted by atomic mass is 10.2. The largest absolute Gasteiger partial charge is 0.318 e. The van der Waals surface area contributed by atoms with Crippen molar-refractivity contribution >= 4 is 11.6 Å². The van der Waals surface area contributed by atoms with Crippen LogP contribution >= 0.6 is 11.6 Å². The predicted molar refractivity (Wildman–Crippen MR) is 57.5 cm³/mol. The molecule has 2 aromatic rings. The molecule has 0 bridgehead atoms. The van der Waals surface area contributed by atoms with E-state index in [2.05, 4.69) is 4.98 Å². The van der Waals surface area contributed by atoms with Crippen LogP contribution in [0.3, 0.4) is 0 Å². The summed E-state index contributed by atoms with van der Waals surface area (Å²) in [5.41, 5.74) is 0.980. The van der Waals surface area contributed by atoms with Gasteiger partial charge in [0.2, 0.25) is 5.82 Å². The molecule has 0 atom stereocenters. The van der Waals surface area contributed by atoms with Gasteiger partial charge in [-0.1, -0.05) is 29.8 Å². The zero-order valence-electron chi connectivity index (χ0n) is 7.89. The van der Waals surface area contributed by atoms with Crippen molar-refractivity contribution in [2.45, 2.75) is 6.54 Å². The minimum absolute atomic E-state index is 0.398. The standard InChI is InChI=1S/C11H8ClN3/c12-10-4-2-1-3-9(10)8-15-6-5-14-11(15)7-13/h1-6H,8H2. The van der Waals surface area contributed by atoms with E-state index in [1.165, 1.54) is 0 Å². The summed E-state index contributed by atoms with van der Waals surface area (Å²) in [6.45, 7) is 0.572. The molecule has 0 aliphatic carbocycles. The lowest BCUT2D eigenvalue weighted by molar-refractivity contribution is 0.782. The third kappa shape index (κ3) is 2.00. The minimum atomic E-state index is 0.398. The second kappa shape index (κ2) is 4.16. The van der Waals surface area contributed by atoms with E-state index in [-0.39, 0.29) is 0 Å². The molecule has 1 heterocycles. The number of nitriles is 1. The van der Waals surface area contributed by atoms with Crippen LogP contribution in [0.25, 0.3) is 0 Å². The molecule has 15 heavy (non-hydrogen) atoms. The van der Waals surface area contributed by atoms with Crippen molar-refractivity contribution in [2.75, 3.05) is 0 Å². The monoisotopic (exact) mass is 217 g/mol. The number of imidazole rings is 1. The molecule has 0 aliphatic rings. The van der Waals surface area contributed by atoms with Crippen LogP contribution in [0, 0.1) is 11.3 Å². The molecule has 1 aromatic carbocycles. The Morgan fingerprint density at radius 2 is 2.20 bits per heavy atom. The molecule has 1 aromatic heterocycles. The molecule has 0 fully saturated rings. The first kappa shape index (κ1) is 9.75. The van der Waals surface area contributed by atoms with Gasteiger partial charge in [0.25, 0.3) is 0 Å². The molecule has 0 spiro atoms. The van der Waals surface area contributed by atoms with Gasteiger partial charge in [-0.05, 0) is 11.6 Å². The predicted octanol–water partition coefficient (Wildman–Crippen LogP) is 2.46. The van der Waals surface area contributed by atoms with E-state index >= 15 is 0 Å². The summed E-state index contributed by atoms with van der Waals surface area (Å²) >= 11 is 6.02. The van der Waals surface area contributed by atoms with Gasteiger partial charge in [0.15, 0.2) is 0 Å². The fraction of sp³-hybridized carbons (Fsp3) is 0.0909. The van der Waals surface area contributed by atoms with Crippen molar-refractivity contribution in [3.63, 3.8) is 0 Å². The lowest BCUT2D eigenvalue weighted by Crippen LogP contribution is -2.01. The number of nitrogens with zero attached hydrogens (tertiary/aromatic N) is 3. The van der Waals surface area contributed by atoms with E-state index in [9.17, 15) is 0 Å². The fourth-order valence-corrected chi connectivity index (χ4v) is 1.56. The highest BCUT2D eigenvalue weighted by atomic mass is 35.5. The van der Waals surface area contributed by atoms with E-state index in [1.54, 1.807) is 17.0 Å². The van der Waals surface area contributed by atoms with Crippen LogP contribution in [0.2, 0.25) is 5.02 Å². The maximum atomic E-state index is 8.79. The Bertz CT molecular complexity index is 511. The molecule has 4 heteroatoms. The zero-order valence-corrected chi connectivity index (χ0v) is 8.65. The first-order valence-electron chi connectivity index (χ1n) is 4.46. The van der Waals surface area contributed by atoms with Crippen LogP contribution in [0.5, 0.6) is 0 Å². The molecule has 0 amide bonds. The van der Waals surface area contributed by atoms with Gasteiger partial charge in [-0.2, -0.15) is 5.26 Å². The Hall–Kier alpha value is -1.79. The normalized spacial score (nSPS) is 9.87. The summed E-state index contributed by atoms with van der Waals surface area (Å²) in [4.78, 5) is 3.92. The summed E-state index contributed by atoms with van der Waals surface area (Å²) < 4.78 is 1.77. The van der Waals surface area contributed by atoms with Crippen LogP contribution in [-0.2, 0) is 6.54 Å². The summed E-state index contributed by atoms with van der Waals surface area (Å²) in [5, 5.41) is 9.49. The second-order valence-corrected chi connectivity index (χ2v) is 3.49. The first-order chi connectivity index (χ1) is 7.31. The molecule has 3 nitrogen and oxygen atoms in total.